The lowest BCUT2D eigenvalue weighted by molar-refractivity contribution is 0.270. The summed E-state index contributed by atoms with van der Waals surface area (Å²) in [7, 11) is 0. The molecule has 2 fully saturated rings. The van der Waals surface area contributed by atoms with Crippen molar-refractivity contribution in [2.24, 2.45) is 23.3 Å². The Kier molecular flexibility index (Phi) is 4.87. The van der Waals surface area contributed by atoms with Crippen molar-refractivity contribution in [1.82, 2.24) is 9.97 Å². The molecular weight excluding hydrogens is 286 g/mol. The van der Waals surface area contributed by atoms with Gasteiger partial charge < -0.3 is 16.4 Å². The summed E-state index contributed by atoms with van der Waals surface area (Å²) in [6.07, 6.45) is 10.1. The lowest BCUT2D eigenvalue weighted by atomic mass is 9.78. The van der Waals surface area contributed by atoms with Crippen LogP contribution in [0.5, 0.6) is 0 Å². The predicted molar refractivity (Wildman–Crippen MR) is 94.1 cm³/mol. The van der Waals surface area contributed by atoms with E-state index in [1.54, 1.807) is 0 Å². The number of nitrogens with zero attached hydrogens (tertiary/aromatic N) is 3. The smallest absolute Gasteiger partial charge is 0.147 e. The Labute approximate surface area is 139 Å². The van der Waals surface area contributed by atoms with Gasteiger partial charge in [-0.25, -0.2) is 4.98 Å². The van der Waals surface area contributed by atoms with E-state index >= 15 is 0 Å². The van der Waals surface area contributed by atoms with Crippen LogP contribution < -0.4 is 16.4 Å². The molecule has 23 heavy (non-hydrogen) atoms. The molecule has 0 bridgehead atoms. The summed E-state index contributed by atoms with van der Waals surface area (Å²) in [5.41, 5.74) is 13.1. The second-order valence-electron chi connectivity index (χ2n) is 7.82. The van der Waals surface area contributed by atoms with Gasteiger partial charge in [-0.3, -0.25) is 4.98 Å². The molecule has 0 spiro atoms. The van der Waals surface area contributed by atoms with E-state index in [0.29, 0.717) is 6.04 Å². The third-order valence-electron chi connectivity index (χ3n) is 5.88. The van der Waals surface area contributed by atoms with Crippen LogP contribution in [0.1, 0.15) is 58.1 Å². The number of rotatable bonds is 3. The first-order chi connectivity index (χ1) is 11.0. The van der Waals surface area contributed by atoms with Crippen LogP contribution in [-0.4, -0.2) is 29.1 Å². The van der Waals surface area contributed by atoms with E-state index in [4.69, 9.17) is 11.5 Å². The molecule has 1 aliphatic heterocycles. The van der Waals surface area contributed by atoms with Crippen LogP contribution in [0.2, 0.25) is 0 Å². The number of aromatic nitrogens is 2. The molecule has 128 valence electrons. The van der Waals surface area contributed by atoms with Gasteiger partial charge in [0.15, 0.2) is 0 Å². The molecule has 1 saturated heterocycles. The highest BCUT2D eigenvalue weighted by Crippen LogP contribution is 2.33. The normalized spacial score (nSPS) is 30.0. The third kappa shape index (κ3) is 3.66. The van der Waals surface area contributed by atoms with Crippen LogP contribution in [0.3, 0.4) is 0 Å². The van der Waals surface area contributed by atoms with Gasteiger partial charge in [-0.05, 0) is 50.4 Å². The van der Waals surface area contributed by atoms with Crippen LogP contribution in [0, 0.1) is 11.8 Å². The first-order valence-corrected chi connectivity index (χ1v) is 9.10. The molecular formula is C18H31N5. The number of hydrogen-bond acceptors (Lipinski definition) is 5. The molecule has 1 aliphatic carbocycles. The van der Waals surface area contributed by atoms with E-state index < -0.39 is 0 Å². The highest BCUT2D eigenvalue weighted by atomic mass is 15.2. The van der Waals surface area contributed by atoms with E-state index in [0.717, 1.165) is 62.1 Å². The Hall–Kier alpha value is -1.20. The summed E-state index contributed by atoms with van der Waals surface area (Å²) in [5, 5.41) is 0. The minimum Gasteiger partial charge on any atom is -0.355 e. The highest BCUT2D eigenvalue weighted by molar-refractivity contribution is 5.37. The van der Waals surface area contributed by atoms with Crippen LogP contribution >= 0.6 is 0 Å². The van der Waals surface area contributed by atoms with Gasteiger partial charge in [0, 0.05) is 19.1 Å². The van der Waals surface area contributed by atoms with Gasteiger partial charge in [0.1, 0.15) is 5.82 Å². The largest absolute Gasteiger partial charge is 0.355 e. The van der Waals surface area contributed by atoms with Crippen molar-refractivity contribution < 1.29 is 0 Å². The van der Waals surface area contributed by atoms with Crippen molar-refractivity contribution in [2.45, 2.75) is 64.0 Å². The number of anilines is 1. The van der Waals surface area contributed by atoms with Gasteiger partial charge in [-0.2, -0.15) is 0 Å². The SMILES string of the molecule is CC(C)C1CCN(c2cnc(C3(N)CCC(N)CC3)cn2)CC1. The first kappa shape index (κ1) is 16.7. The zero-order chi connectivity index (χ0) is 16.4. The molecule has 1 aromatic heterocycles. The van der Waals surface area contributed by atoms with Gasteiger partial charge in [0.2, 0.25) is 0 Å². The Morgan fingerprint density at radius 3 is 2.26 bits per heavy atom. The zero-order valence-electron chi connectivity index (χ0n) is 14.5. The lowest BCUT2D eigenvalue weighted by Crippen LogP contribution is -2.44. The van der Waals surface area contributed by atoms with Crippen LogP contribution in [-0.2, 0) is 5.54 Å². The van der Waals surface area contributed by atoms with E-state index in [2.05, 4.69) is 28.7 Å². The molecule has 0 radical (unpaired) electrons. The van der Waals surface area contributed by atoms with Gasteiger partial charge in [0.25, 0.3) is 0 Å². The molecule has 3 rings (SSSR count). The summed E-state index contributed by atoms with van der Waals surface area (Å²) < 4.78 is 0. The molecule has 0 amide bonds. The summed E-state index contributed by atoms with van der Waals surface area (Å²) in [5.74, 6) is 2.62. The van der Waals surface area contributed by atoms with E-state index in [9.17, 15) is 0 Å². The molecule has 5 heteroatoms. The molecule has 1 saturated carbocycles. The molecule has 2 aliphatic rings. The number of hydrogen-bond donors (Lipinski definition) is 2. The molecule has 4 N–H and O–H groups in total. The van der Waals surface area contributed by atoms with E-state index in [1.807, 2.05) is 12.4 Å². The average Bonchev–Trinajstić information content (AvgIpc) is 2.58. The Morgan fingerprint density at radius 1 is 1.09 bits per heavy atom. The van der Waals surface area contributed by atoms with Gasteiger partial charge in [-0.1, -0.05) is 13.8 Å². The topological polar surface area (TPSA) is 81.1 Å². The molecule has 5 nitrogen and oxygen atoms in total. The highest BCUT2D eigenvalue weighted by Gasteiger charge is 2.34. The summed E-state index contributed by atoms with van der Waals surface area (Å²) in [4.78, 5) is 11.7. The van der Waals surface area contributed by atoms with Crippen LogP contribution in [0.15, 0.2) is 12.4 Å². The fourth-order valence-electron chi connectivity index (χ4n) is 3.95. The maximum atomic E-state index is 6.55. The second-order valence-corrected chi connectivity index (χ2v) is 7.82. The van der Waals surface area contributed by atoms with Crippen LogP contribution in [0.25, 0.3) is 0 Å². The molecule has 1 aromatic rings. The van der Waals surface area contributed by atoms with Crippen molar-refractivity contribution in [1.29, 1.82) is 0 Å². The fraction of sp³-hybridized carbons (Fsp3) is 0.778. The predicted octanol–water partition coefficient (Wildman–Crippen LogP) is 2.40. The fourth-order valence-corrected chi connectivity index (χ4v) is 3.95. The second kappa shape index (κ2) is 6.73. The Balaban J connectivity index is 1.64. The molecule has 0 atom stereocenters. The van der Waals surface area contributed by atoms with Crippen molar-refractivity contribution in [2.75, 3.05) is 18.0 Å². The van der Waals surface area contributed by atoms with Gasteiger partial charge >= 0.3 is 0 Å². The molecule has 0 aromatic carbocycles. The summed E-state index contributed by atoms with van der Waals surface area (Å²) in [6, 6.07) is 0.293. The molecule has 0 unspecified atom stereocenters. The average molecular weight is 317 g/mol. The molecule has 2 heterocycles. The standard InChI is InChI=1S/C18H31N5/c1-13(2)14-5-9-23(10-6-14)17-12-21-16(11-22-17)18(20)7-3-15(19)4-8-18/h11-15H,3-10,19-20H2,1-2H3. The summed E-state index contributed by atoms with van der Waals surface area (Å²) >= 11 is 0. The van der Waals surface area contributed by atoms with Gasteiger partial charge in [0.05, 0.1) is 23.6 Å². The Morgan fingerprint density at radius 2 is 1.74 bits per heavy atom. The number of nitrogens with two attached hydrogens (primary N) is 2. The quantitative estimate of drug-likeness (QED) is 0.894. The lowest BCUT2D eigenvalue weighted by Gasteiger charge is -2.36. The van der Waals surface area contributed by atoms with Crippen LogP contribution in [0.4, 0.5) is 5.82 Å². The van der Waals surface area contributed by atoms with E-state index in [1.165, 1.54) is 12.8 Å². The van der Waals surface area contributed by atoms with Crippen molar-refractivity contribution in [3.05, 3.63) is 18.1 Å². The van der Waals surface area contributed by atoms with Crippen molar-refractivity contribution in [3.8, 4) is 0 Å². The maximum Gasteiger partial charge on any atom is 0.147 e. The monoisotopic (exact) mass is 317 g/mol. The third-order valence-corrected chi connectivity index (χ3v) is 5.88. The van der Waals surface area contributed by atoms with Crippen molar-refractivity contribution in [3.63, 3.8) is 0 Å². The summed E-state index contributed by atoms with van der Waals surface area (Å²) in [6.45, 7) is 6.82. The minimum absolute atomic E-state index is 0.293. The Bertz CT molecular complexity index is 497. The van der Waals surface area contributed by atoms with Crippen molar-refractivity contribution >= 4 is 5.82 Å². The van der Waals surface area contributed by atoms with E-state index in [-0.39, 0.29) is 5.54 Å². The maximum absolute atomic E-state index is 6.55. The minimum atomic E-state index is -0.341. The zero-order valence-corrected chi connectivity index (χ0v) is 14.5. The first-order valence-electron chi connectivity index (χ1n) is 9.10. The van der Waals surface area contributed by atoms with Gasteiger partial charge in [-0.15, -0.1) is 0 Å². The number of piperidine rings is 1.